The van der Waals surface area contributed by atoms with Gasteiger partial charge < -0.3 is 4.74 Å². The second-order valence-electron chi connectivity index (χ2n) is 2.83. The summed E-state index contributed by atoms with van der Waals surface area (Å²) < 4.78 is 5.22. The summed E-state index contributed by atoms with van der Waals surface area (Å²) in [7, 11) is 1.72. The van der Waals surface area contributed by atoms with Gasteiger partial charge in [0, 0.05) is 13.0 Å². The summed E-state index contributed by atoms with van der Waals surface area (Å²) in [6.07, 6.45) is 1.91. The average Bonchev–Trinajstić information content (AvgIpc) is 1.86. The zero-order valence-corrected chi connectivity index (χ0v) is 6.77. The summed E-state index contributed by atoms with van der Waals surface area (Å²) >= 11 is 0. The Morgan fingerprint density at radius 2 is 2.00 bits per heavy atom. The molecule has 1 nitrogen and oxygen atoms in total. The molecule has 1 atom stereocenters. The molecule has 9 heavy (non-hydrogen) atoms. The van der Waals surface area contributed by atoms with Crippen molar-refractivity contribution in [1.82, 2.24) is 0 Å². The van der Waals surface area contributed by atoms with E-state index in [2.05, 4.69) is 27.4 Å². The first-order chi connectivity index (χ1) is 4.04. The van der Waals surface area contributed by atoms with Crippen LogP contribution < -0.4 is 0 Å². The maximum atomic E-state index is 5.22. The van der Waals surface area contributed by atoms with Gasteiger partial charge in [-0.2, -0.15) is 0 Å². The van der Waals surface area contributed by atoms with E-state index in [1.54, 1.807) is 7.11 Å². The van der Waals surface area contributed by atoms with Crippen molar-refractivity contribution >= 4 is 0 Å². The van der Waals surface area contributed by atoms with Crippen molar-refractivity contribution < 1.29 is 4.74 Å². The van der Waals surface area contributed by atoms with E-state index >= 15 is 0 Å². The van der Waals surface area contributed by atoms with Crippen LogP contribution in [0.3, 0.4) is 0 Å². The Kier molecular flexibility index (Phi) is 2.92. The Balaban J connectivity index is 3.95. The predicted octanol–water partition coefficient (Wildman–Crippen LogP) is 2.23. The van der Waals surface area contributed by atoms with Crippen molar-refractivity contribution in [2.75, 3.05) is 7.11 Å². The molecule has 0 saturated heterocycles. The highest BCUT2D eigenvalue weighted by molar-refractivity contribution is 4.88. The Bertz CT molecular complexity index is 94.7. The van der Waals surface area contributed by atoms with Crippen molar-refractivity contribution in [1.29, 1.82) is 0 Å². The van der Waals surface area contributed by atoms with Crippen LogP contribution in [0.15, 0.2) is 12.7 Å². The minimum Gasteiger partial charge on any atom is -0.378 e. The molecule has 54 valence electrons. The fourth-order valence-electron chi connectivity index (χ4n) is 0.470. The number of methoxy groups -OCH3 is 1. The highest BCUT2D eigenvalue weighted by Crippen LogP contribution is 2.19. The summed E-state index contributed by atoms with van der Waals surface area (Å²) in [6, 6.07) is 0. The number of hydrogen-bond acceptors (Lipinski definition) is 1. The average molecular weight is 128 g/mol. The topological polar surface area (TPSA) is 9.23 Å². The zero-order valence-electron chi connectivity index (χ0n) is 6.77. The number of ether oxygens (including phenoxy) is 1. The van der Waals surface area contributed by atoms with Crippen LogP contribution in [0.4, 0.5) is 0 Å². The van der Waals surface area contributed by atoms with E-state index in [9.17, 15) is 0 Å². The summed E-state index contributed by atoms with van der Waals surface area (Å²) in [5.74, 6) is 0.405. The van der Waals surface area contributed by atoms with E-state index in [1.165, 1.54) is 0 Å². The molecule has 0 bridgehead atoms. The molecule has 0 fully saturated rings. The van der Waals surface area contributed by atoms with Gasteiger partial charge in [0.1, 0.15) is 0 Å². The summed E-state index contributed by atoms with van der Waals surface area (Å²) in [5, 5.41) is 0. The van der Waals surface area contributed by atoms with E-state index in [1.807, 2.05) is 6.08 Å². The molecule has 0 radical (unpaired) electrons. The van der Waals surface area contributed by atoms with E-state index in [4.69, 9.17) is 4.74 Å². The van der Waals surface area contributed by atoms with Gasteiger partial charge in [-0.05, 0) is 13.8 Å². The first-order valence-electron chi connectivity index (χ1n) is 3.22. The van der Waals surface area contributed by atoms with Gasteiger partial charge in [0.15, 0.2) is 0 Å². The van der Waals surface area contributed by atoms with Gasteiger partial charge in [0.05, 0.1) is 5.60 Å². The van der Waals surface area contributed by atoms with Crippen LogP contribution in [0.25, 0.3) is 0 Å². The van der Waals surface area contributed by atoms with Crippen LogP contribution in [0.1, 0.15) is 20.8 Å². The van der Waals surface area contributed by atoms with Gasteiger partial charge >= 0.3 is 0 Å². The van der Waals surface area contributed by atoms with E-state index in [0.29, 0.717) is 5.92 Å². The minimum absolute atomic E-state index is 0.0677. The third kappa shape index (κ3) is 2.19. The molecule has 0 heterocycles. The van der Waals surface area contributed by atoms with Crippen LogP contribution in [0.2, 0.25) is 0 Å². The smallest absolute Gasteiger partial charge is 0.0682 e. The Morgan fingerprint density at radius 1 is 1.56 bits per heavy atom. The van der Waals surface area contributed by atoms with E-state index < -0.39 is 0 Å². The molecule has 0 aromatic heterocycles. The molecule has 0 saturated carbocycles. The molecule has 0 aromatic rings. The molecule has 0 unspecified atom stereocenters. The van der Waals surface area contributed by atoms with Gasteiger partial charge in [-0.3, -0.25) is 0 Å². The Hall–Kier alpha value is -0.300. The van der Waals surface area contributed by atoms with Gasteiger partial charge in [0.2, 0.25) is 0 Å². The summed E-state index contributed by atoms with van der Waals surface area (Å²) in [6.45, 7) is 9.90. The van der Waals surface area contributed by atoms with Crippen molar-refractivity contribution in [3.8, 4) is 0 Å². The maximum Gasteiger partial charge on any atom is 0.0682 e. The lowest BCUT2D eigenvalue weighted by Crippen LogP contribution is -2.29. The molecule has 0 rings (SSSR count). The second-order valence-corrected chi connectivity index (χ2v) is 2.83. The molecule has 0 aromatic carbocycles. The van der Waals surface area contributed by atoms with E-state index in [0.717, 1.165) is 0 Å². The molecule has 0 amide bonds. The second kappa shape index (κ2) is 3.02. The molecule has 0 aliphatic heterocycles. The lowest BCUT2D eigenvalue weighted by molar-refractivity contribution is -0.00646. The Labute approximate surface area is 57.7 Å². The molecule has 0 aliphatic carbocycles. The molecular formula is C8H16O. The van der Waals surface area contributed by atoms with E-state index in [-0.39, 0.29) is 5.60 Å². The summed E-state index contributed by atoms with van der Waals surface area (Å²) in [5.41, 5.74) is -0.0677. The number of rotatable bonds is 3. The largest absolute Gasteiger partial charge is 0.378 e. The van der Waals surface area contributed by atoms with Crippen LogP contribution in [0.5, 0.6) is 0 Å². The molecule has 0 spiro atoms. The van der Waals surface area contributed by atoms with Gasteiger partial charge in [0.25, 0.3) is 0 Å². The highest BCUT2D eigenvalue weighted by Gasteiger charge is 2.21. The minimum atomic E-state index is -0.0677. The third-order valence-corrected chi connectivity index (χ3v) is 1.98. The lowest BCUT2D eigenvalue weighted by Gasteiger charge is -2.27. The first-order valence-corrected chi connectivity index (χ1v) is 3.22. The molecule has 1 heteroatoms. The Morgan fingerprint density at radius 3 is 2.11 bits per heavy atom. The highest BCUT2D eigenvalue weighted by atomic mass is 16.5. The monoisotopic (exact) mass is 128 g/mol. The van der Waals surface area contributed by atoms with Gasteiger partial charge in [-0.15, -0.1) is 6.58 Å². The zero-order chi connectivity index (χ0) is 7.49. The summed E-state index contributed by atoms with van der Waals surface area (Å²) in [4.78, 5) is 0. The van der Waals surface area contributed by atoms with Crippen LogP contribution in [-0.4, -0.2) is 12.7 Å². The van der Waals surface area contributed by atoms with Gasteiger partial charge in [-0.1, -0.05) is 13.0 Å². The van der Waals surface area contributed by atoms with Crippen molar-refractivity contribution in [2.24, 2.45) is 5.92 Å². The third-order valence-electron chi connectivity index (χ3n) is 1.98. The fraction of sp³-hybridized carbons (Fsp3) is 0.750. The van der Waals surface area contributed by atoms with Crippen molar-refractivity contribution in [3.05, 3.63) is 12.7 Å². The SMILES string of the molecule is C=C[C@@H](C)C(C)(C)OC. The molecule has 0 N–H and O–H groups in total. The normalized spacial score (nSPS) is 15.1. The predicted molar refractivity (Wildman–Crippen MR) is 40.4 cm³/mol. The maximum absolute atomic E-state index is 5.22. The fourth-order valence-corrected chi connectivity index (χ4v) is 0.470. The van der Waals surface area contributed by atoms with Crippen molar-refractivity contribution in [3.63, 3.8) is 0 Å². The molecular weight excluding hydrogens is 112 g/mol. The lowest BCUT2D eigenvalue weighted by atomic mass is 9.93. The number of hydrogen-bond donors (Lipinski definition) is 0. The first kappa shape index (κ1) is 8.70. The quantitative estimate of drug-likeness (QED) is 0.530. The van der Waals surface area contributed by atoms with Crippen LogP contribution in [-0.2, 0) is 4.74 Å². The van der Waals surface area contributed by atoms with Crippen LogP contribution in [0, 0.1) is 5.92 Å². The standard InChI is InChI=1S/C8H16O/c1-6-7(2)8(3,4)9-5/h6-7H,1H2,2-5H3/t7-/m1/s1. The van der Waals surface area contributed by atoms with Crippen LogP contribution >= 0.6 is 0 Å². The van der Waals surface area contributed by atoms with Crippen molar-refractivity contribution in [2.45, 2.75) is 26.4 Å². The molecule has 0 aliphatic rings. The van der Waals surface area contributed by atoms with Gasteiger partial charge in [-0.25, -0.2) is 0 Å².